The molecule has 0 rings (SSSR count). The number of hydrogen-bond acceptors (Lipinski definition) is 2. The lowest BCUT2D eigenvalue weighted by Gasteiger charge is -2.04. The number of carboxylic acids is 1. The zero-order chi connectivity index (χ0) is 7.44. The van der Waals surface area contributed by atoms with Crippen LogP contribution in [0, 0.1) is 0 Å². The summed E-state index contributed by atoms with van der Waals surface area (Å²) in [5.41, 5.74) is 4.98. The Hall–Kier alpha value is -0.640. The van der Waals surface area contributed by atoms with E-state index in [1.54, 1.807) is 0 Å². The lowest BCUT2D eigenvalue weighted by Crippen LogP contribution is -2.32. The van der Waals surface area contributed by atoms with Gasteiger partial charge in [-0.1, -0.05) is 0 Å². The maximum Gasteiger partial charge on any atom is 0.320 e. The Labute approximate surface area is 52.7 Å². The summed E-state index contributed by atoms with van der Waals surface area (Å²) < 4.78 is 12.0. The number of alkyl halides is 1. The van der Waals surface area contributed by atoms with Gasteiger partial charge in [0, 0.05) is 6.42 Å². The van der Waals surface area contributed by atoms with Crippen LogP contribution in [0.25, 0.3) is 0 Å². The van der Waals surface area contributed by atoms with Crippen LogP contribution in [0.1, 0.15) is 13.3 Å². The molecule has 2 atom stereocenters. The highest BCUT2D eigenvalue weighted by Crippen LogP contribution is 1.98. The van der Waals surface area contributed by atoms with Gasteiger partial charge in [0.1, 0.15) is 6.04 Å². The molecular formula is C5H10FNO2. The molecule has 0 radical (unpaired) electrons. The van der Waals surface area contributed by atoms with Crippen LogP contribution in [0.5, 0.6) is 0 Å². The Morgan fingerprint density at radius 2 is 2.33 bits per heavy atom. The van der Waals surface area contributed by atoms with Gasteiger partial charge in [-0.25, -0.2) is 4.39 Å². The second-order valence-electron chi connectivity index (χ2n) is 1.96. The molecule has 0 unspecified atom stereocenters. The molecule has 3 N–H and O–H groups in total. The molecule has 3 nitrogen and oxygen atoms in total. The zero-order valence-electron chi connectivity index (χ0n) is 5.17. The van der Waals surface area contributed by atoms with E-state index < -0.39 is 18.2 Å². The molecular weight excluding hydrogens is 125 g/mol. The second-order valence-corrected chi connectivity index (χ2v) is 1.96. The lowest BCUT2D eigenvalue weighted by molar-refractivity contribution is -0.139. The monoisotopic (exact) mass is 135 g/mol. The molecule has 0 aliphatic rings. The van der Waals surface area contributed by atoms with Crippen molar-refractivity contribution in [3.05, 3.63) is 0 Å². The maximum absolute atomic E-state index is 12.0. The van der Waals surface area contributed by atoms with Crippen molar-refractivity contribution in [2.24, 2.45) is 5.73 Å². The first-order valence-electron chi connectivity index (χ1n) is 2.66. The minimum absolute atomic E-state index is 0.116. The predicted octanol–water partition coefficient (Wildman–Crippen LogP) is 0.146. The minimum atomic E-state index is -1.15. The maximum atomic E-state index is 12.0. The first-order valence-corrected chi connectivity index (χ1v) is 2.66. The summed E-state index contributed by atoms with van der Waals surface area (Å²) in [4.78, 5) is 9.94. The van der Waals surface area contributed by atoms with Crippen LogP contribution < -0.4 is 5.73 Å². The molecule has 0 amide bonds. The molecule has 0 bridgehead atoms. The quantitative estimate of drug-likeness (QED) is 0.578. The highest BCUT2D eigenvalue weighted by Gasteiger charge is 2.14. The van der Waals surface area contributed by atoms with Gasteiger partial charge in [0.2, 0.25) is 0 Å². The van der Waals surface area contributed by atoms with E-state index in [0.717, 1.165) is 0 Å². The van der Waals surface area contributed by atoms with Crippen LogP contribution in [0.4, 0.5) is 4.39 Å². The van der Waals surface area contributed by atoms with Crippen molar-refractivity contribution in [3.8, 4) is 0 Å². The molecule has 0 aliphatic carbocycles. The first-order chi connectivity index (χ1) is 4.04. The van der Waals surface area contributed by atoms with Crippen LogP contribution in [-0.2, 0) is 4.79 Å². The number of carboxylic acid groups (broad SMARTS) is 1. The van der Waals surface area contributed by atoms with E-state index >= 15 is 0 Å². The number of aliphatic carboxylic acids is 1. The summed E-state index contributed by atoms with van der Waals surface area (Å²) in [6.07, 6.45) is -1.26. The van der Waals surface area contributed by atoms with Gasteiger partial charge in [0.25, 0.3) is 0 Å². The molecule has 0 spiro atoms. The van der Waals surface area contributed by atoms with Gasteiger partial charge < -0.3 is 10.8 Å². The molecule has 0 aliphatic heterocycles. The van der Waals surface area contributed by atoms with Crippen molar-refractivity contribution in [2.75, 3.05) is 0 Å². The third-order valence-electron chi connectivity index (χ3n) is 0.896. The highest BCUT2D eigenvalue weighted by molar-refractivity contribution is 5.73. The van der Waals surface area contributed by atoms with Gasteiger partial charge in [-0.15, -0.1) is 0 Å². The van der Waals surface area contributed by atoms with Gasteiger partial charge in [-0.3, -0.25) is 4.79 Å². The molecule has 54 valence electrons. The van der Waals surface area contributed by atoms with Crippen molar-refractivity contribution in [2.45, 2.75) is 25.6 Å². The van der Waals surface area contributed by atoms with Gasteiger partial charge in [0.05, 0.1) is 6.17 Å². The summed E-state index contributed by atoms with van der Waals surface area (Å²) in [6.45, 7) is 1.28. The van der Waals surface area contributed by atoms with Crippen LogP contribution >= 0.6 is 0 Å². The number of nitrogens with two attached hydrogens (primary N) is 1. The van der Waals surface area contributed by atoms with Crippen molar-refractivity contribution in [1.29, 1.82) is 0 Å². The van der Waals surface area contributed by atoms with Gasteiger partial charge in [0.15, 0.2) is 0 Å². The number of hydrogen-bond donors (Lipinski definition) is 2. The summed E-state index contributed by atoms with van der Waals surface area (Å²) in [6, 6.07) is -1.06. The van der Waals surface area contributed by atoms with Crippen molar-refractivity contribution >= 4 is 5.97 Å². The summed E-state index contributed by atoms with van der Waals surface area (Å²) in [7, 11) is 0. The Kier molecular flexibility index (Phi) is 3.16. The molecule has 0 saturated carbocycles. The van der Waals surface area contributed by atoms with Gasteiger partial charge >= 0.3 is 5.97 Å². The molecule has 9 heavy (non-hydrogen) atoms. The smallest absolute Gasteiger partial charge is 0.320 e. The van der Waals surface area contributed by atoms with Crippen LogP contribution in [0.15, 0.2) is 0 Å². The molecule has 0 aromatic heterocycles. The molecule has 0 aromatic carbocycles. The Balaban J connectivity index is 3.50. The predicted molar refractivity (Wildman–Crippen MR) is 30.8 cm³/mol. The highest BCUT2D eigenvalue weighted by atomic mass is 19.1. The number of rotatable bonds is 3. The Morgan fingerprint density at radius 3 is 2.44 bits per heavy atom. The molecule has 0 fully saturated rings. The normalized spacial score (nSPS) is 16.8. The van der Waals surface area contributed by atoms with Crippen molar-refractivity contribution < 1.29 is 14.3 Å². The van der Waals surface area contributed by atoms with Gasteiger partial charge in [-0.2, -0.15) is 0 Å². The van der Waals surface area contributed by atoms with Crippen LogP contribution in [0.3, 0.4) is 0 Å². The molecule has 0 aromatic rings. The third-order valence-corrected chi connectivity index (χ3v) is 0.896. The summed E-state index contributed by atoms with van der Waals surface area (Å²) in [5.74, 6) is -1.15. The zero-order valence-corrected chi connectivity index (χ0v) is 5.17. The fourth-order valence-corrected chi connectivity index (χ4v) is 0.451. The van der Waals surface area contributed by atoms with E-state index in [1.807, 2.05) is 0 Å². The Bertz CT molecular complexity index is 105. The fourth-order valence-electron chi connectivity index (χ4n) is 0.451. The standard InChI is InChI=1S/C5H10FNO2/c1-3(6)2-4(7)5(8)9/h3-4H,2,7H2,1H3,(H,8,9)/t3-,4+/m1/s1. The third kappa shape index (κ3) is 3.90. The van der Waals surface area contributed by atoms with E-state index in [2.05, 4.69) is 0 Å². The summed E-state index contributed by atoms with van der Waals surface area (Å²) in [5, 5.41) is 8.14. The van der Waals surface area contributed by atoms with E-state index in [4.69, 9.17) is 10.8 Å². The van der Waals surface area contributed by atoms with Crippen LogP contribution in [-0.4, -0.2) is 23.3 Å². The second kappa shape index (κ2) is 3.40. The average molecular weight is 135 g/mol. The van der Waals surface area contributed by atoms with E-state index in [9.17, 15) is 9.18 Å². The Morgan fingerprint density at radius 1 is 1.89 bits per heavy atom. The fraction of sp³-hybridized carbons (Fsp3) is 0.800. The van der Waals surface area contributed by atoms with Crippen molar-refractivity contribution in [1.82, 2.24) is 0 Å². The number of halogens is 1. The van der Waals surface area contributed by atoms with Crippen molar-refractivity contribution in [3.63, 3.8) is 0 Å². The van der Waals surface area contributed by atoms with Gasteiger partial charge in [-0.05, 0) is 6.92 Å². The minimum Gasteiger partial charge on any atom is -0.480 e. The first kappa shape index (κ1) is 8.36. The topological polar surface area (TPSA) is 63.3 Å². The molecule has 0 saturated heterocycles. The average Bonchev–Trinajstić information content (AvgIpc) is 1.63. The van der Waals surface area contributed by atoms with E-state index in [0.29, 0.717) is 0 Å². The van der Waals surface area contributed by atoms with E-state index in [1.165, 1.54) is 6.92 Å². The molecule has 0 heterocycles. The lowest BCUT2D eigenvalue weighted by atomic mass is 10.2. The SMILES string of the molecule is C[C@@H](F)C[C@H](N)C(=O)O. The molecule has 4 heteroatoms. The van der Waals surface area contributed by atoms with Crippen LogP contribution in [0.2, 0.25) is 0 Å². The number of carbonyl (C=O) groups is 1. The van der Waals surface area contributed by atoms with E-state index in [-0.39, 0.29) is 6.42 Å². The largest absolute Gasteiger partial charge is 0.480 e. The summed E-state index contributed by atoms with van der Waals surface area (Å²) >= 11 is 0.